The SMILES string of the molecule is CCCCCCCCCC(CCCCCCCC(C)=O)O[C@@H]1O[C@H](CO)[C@@H](O)[C@H](O)C1O[C@@H]1O[C@H](COC2O[C@H](C)[C@H](O)[C@H](O)[C@@H]2O)[C@@H](OC(=O)CCC)C(OC(=O)CCC)[C@H]1OC1O[C@@H](C)[C@H](O)[C@@H](OC(=O)CCC)[C@@H]1O. The van der Waals surface area contributed by atoms with Gasteiger partial charge in [0.15, 0.2) is 49.6 Å². The number of carbonyl (C=O) groups is 4. The lowest BCUT2D eigenvalue weighted by molar-refractivity contribution is -0.397. The molecule has 4 heterocycles. The molecular weight excluding hydrogens is 1030 g/mol. The number of aliphatic hydroxyl groups excluding tert-OH is 8. The van der Waals surface area contributed by atoms with E-state index < -0.39 is 160 Å². The van der Waals surface area contributed by atoms with Crippen molar-refractivity contribution < 1.29 is 112 Å². The van der Waals surface area contributed by atoms with E-state index in [-0.39, 0.29) is 25.0 Å². The fraction of sp³-hybridized carbons (Fsp3) is 0.927. The molecule has 0 radical (unpaired) electrons. The van der Waals surface area contributed by atoms with Crippen LogP contribution < -0.4 is 0 Å². The van der Waals surface area contributed by atoms with Gasteiger partial charge in [-0.2, -0.15) is 0 Å². The van der Waals surface area contributed by atoms with E-state index in [0.29, 0.717) is 38.5 Å². The van der Waals surface area contributed by atoms with Crippen molar-refractivity contribution in [1.29, 1.82) is 0 Å². The monoisotopic (exact) mass is 1120 g/mol. The van der Waals surface area contributed by atoms with Crippen molar-refractivity contribution in [2.24, 2.45) is 0 Å². The number of Topliss-reactive ketones (excluding diaryl/α,β-unsaturated/α-hetero) is 1. The van der Waals surface area contributed by atoms with Crippen molar-refractivity contribution in [3.05, 3.63) is 0 Å². The number of hydrogen-bond donors (Lipinski definition) is 8. The maximum atomic E-state index is 13.8. The Kier molecular flexibility index (Phi) is 30.9. The van der Waals surface area contributed by atoms with Gasteiger partial charge in [0.2, 0.25) is 0 Å². The summed E-state index contributed by atoms with van der Waals surface area (Å²) in [6.07, 6.45) is -19.5. The van der Waals surface area contributed by atoms with E-state index in [1.807, 2.05) is 0 Å². The van der Waals surface area contributed by atoms with E-state index in [2.05, 4.69) is 6.92 Å². The molecule has 4 aliphatic rings. The maximum absolute atomic E-state index is 13.8. The van der Waals surface area contributed by atoms with Crippen molar-refractivity contribution in [1.82, 2.24) is 0 Å². The highest BCUT2D eigenvalue weighted by molar-refractivity contribution is 5.75. The normalized spacial score (nSPS) is 35.7. The quantitative estimate of drug-likeness (QED) is 0.0257. The van der Waals surface area contributed by atoms with Gasteiger partial charge in [-0.15, -0.1) is 0 Å². The molecular formula is C55H96O23. The molecule has 0 aromatic heterocycles. The first-order chi connectivity index (χ1) is 37.3. The average molecular weight is 1130 g/mol. The first kappa shape index (κ1) is 67.9. The van der Waals surface area contributed by atoms with E-state index in [1.54, 1.807) is 27.7 Å². The Morgan fingerprint density at radius 3 is 1.50 bits per heavy atom. The minimum atomic E-state index is -1.93. The largest absolute Gasteiger partial charge is 0.456 e. The maximum Gasteiger partial charge on any atom is 0.306 e. The summed E-state index contributed by atoms with van der Waals surface area (Å²) in [4.78, 5) is 51.8. The van der Waals surface area contributed by atoms with Gasteiger partial charge in [-0.3, -0.25) is 14.4 Å². The Labute approximate surface area is 460 Å². The molecule has 0 aromatic rings. The minimum absolute atomic E-state index is 0.0473. The van der Waals surface area contributed by atoms with Gasteiger partial charge in [0.1, 0.15) is 66.8 Å². The number of rotatable bonds is 35. The van der Waals surface area contributed by atoms with Crippen LogP contribution in [0.4, 0.5) is 0 Å². The van der Waals surface area contributed by atoms with Crippen LogP contribution in [0.2, 0.25) is 0 Å². The summed E-state index contributed by atoms with van der Waals surface area (Å²) in [6.45, 7) is 10.4. The molecule has 454 valence electrons. The van der Waals surface area contributed by atoms with Crippen molar-refractivity contribution >= 4 is 23.7 Å². The Bertz CT molecular complexity index is 1730. The van der Waals surface area contributed by atoms with E-state index >= 15 is 0 Å². The van der Waals surface area contributed by atoms with E-state index in [1.165, 1.54) is 13.8 Å². The van der Waals surface area contributed by atoms with Crippen LogP contribution in [0.5, 0.6) is 0 Å². The van der Waals surface area contributed by atoms with Crippen molar-refractivity contribution in [3.63, 3.8) is 0 Å². The van der Waals surface area contributed by atoms with Gasteiger partial charge < -0.3 is 97.8 Å². The van der Waals surface area contributed by atoms with Gasteiger partial charge in [-0.25, -0.2) is 0 Å². The Morgan fingerprint density at radius 1 is 0.436 bits per heavy atom. The number of ketones is 1. The molecule has 0 aromatic carbocycles. The molecule has 8 N–H and O–H groups in total. The lowest BCUT2D eigenvalue weighted by Crippen LogP contribution is -2.68. The van der Waals surface area contributed by atoms with Crippen molar-refractivity contribution in [2.75, 3.05) is 13.2 Å². The third-order valence-corrected chi connectivity index (χ3v) is 14.7. The molecule has 0 spiro atoms. The molecule has 5 unspecified atom stereocenters. The van der Waals surface area contributed by atoms with Gasteiger partial charge in [-0.05, 0) is 59.3 Å². The van der Waals surface area contributed by atoms with Gasteiger partial charge in [0.25, 0.3) is 0 Å². The third-order valence-electron chi connectivity index (χ3n) is 14.7. The summed E-state index contributed by atoms with van der Waals surface area (Å²) in [6, 6.07) is 0. The van der Waals surface area contributed by atoms with Crippen LogP contribution >= 0.6 is 0 Å². The average Bonchev–Trinajstić information content (AvgIpc) is 3.42. The first-order valence-electron chi connectivity index (χ1n) is 28.9. The highest BCUT2D eigenvalue weighted by Gasteiger charge is 2.58. The molecule has 4 aliphatic heterocycles. The molecule has 78 heavy (non-hydrogen) atoms. The van der Waals surface area contributed by atoms with Crippen LogP contribution in [0.3, 0.4) is 0 Å². The number of ether oxygens (including phenoxy) is 11. The lowest BCUT2D eigenvalue weighted by Gasteiger charge is -2.50. The Hall–Kier alpha value is -2.56. The molecule has 23 heteroatoms. The molecule has 0 amide bonds. The highest BCUT2D eigenvalue weighted by Crippen LogP contribution is 2.38. The van der Waals surface area contributed by atoms with E-state index in [4.69, 9.17) is 52.1 Å². The second-order valence-corrected chi connectivity index (χ2v) is 21.4. The Balaban J connectivity index is 1.82. The van der Waals surface area contributed by atoms with Crippen LogP contribution in [0.15, 0.2) is 0 Å². The van der Waals surface area contributed by atoms with Crippen LogP contribution in [0.1, 0.15) is 183 Å². The number of esters is 3. The Morgan fingerprint density at radius 2 is 0.936 bits per heavy atom. The van der Waals surface area contributed by atoms with Crippen molar-refractivity contribution in [2.45, 2.75) is 312 Å². The second-order valence-electron chi connectivity index (χ2n) is 21.4. The van der Waals surface area contributed by atoms with Gasteiger partial charge >= 0.3 is 17.9 Å². The fourth-order valence-electron chi connectivity index (χ4n) is 10.1. The van der Waals surface area contributed by atoms with E-state index in [9.17, 15) is 60.0 Å². The molecule has 21 atom stereocenters. The topological polar surface area (TPSA) is 332 Å². The zero-order valence-electron chi connectivity index (χ0n) is 47.1. The first-order valence-corrected chi connectivity index (χ1v) is 28.9. The zero-order valence-corrected chi connectivity index (χ0v) is 47.1. The summed E-state index contributed by atoms with van der Waals surface area (Å²) >= 11 is 0. The third kappa shape index (κ3) is 20.7. The van der Waals surface area contributed by atoms with Crippen LogP contribution in [-0.4, -0.2) is 207 Å². The van der Waals surface area contributed by atoms with Crippen LogP contribution in [0, 0.1) is 0 Å². The number of hydrogen-bond acceptors (Lipinski definition) is 23. The molecule has 4 saturated heterocycles. The van der Waals surface area contributed by atoms with Gasteiger partial charge in [0, 0.05) is 25.7 Å². The molecule has 0 bridgehead atoms. The van der Waals surface area contributed by atoms with Crippen LogP contribution in [0.25, 0.3) is 0 Å². The zero-order chi connectivity index (χ0) is 57.5. The predicted octanol–water partition coefficient (Wildman–Crippen LogP) is 3.21. The smallest absolute Gasteiger partial charge is 0.306 e. The standard InChI is InChI=1S/C55H96O23/c1-8-12-13-14-15-18-21-27-34(28-22-19-16-17-20-26-31(5)57)71-54-49(44(65)42(63)35(29-56)72-54)77-55-51(78-53-46(67)48(41(62)33(7)70-53)75-38(59)24-10-3)50(76-39(60)25-11-4)47(74-37(58)23-9-2)36(73-55)30-68-52-45(66)43(64)40(61)32(6)69-52/h32-36,40-56,61-67H,8-30H2,1-7H3/t32-,33+,34?,35-,36-,40+,41+,42-,43+,44+,45+,46+,47-,48-,49?,50?,51-,52?,53?,54-,55+/m1/s1. The molecule has 0 aliphatic carbocycles. The van der Waals surface area contributed by atoms with Gasteiger partial charge in [0.05, 0.1) is 31.5 Å². The summed E-state index contributed by atoms with van der Waals surface area (Å²) in [5.41, 5.74) is 0. The summed E-state index contributed by atoms with van der Waals surface area (Å²) in [7, 11) is 0. The summed E-state index contributed by atoms with van der Waals surface area (Å²) in [5, 5.41) is 89.0. The minimum Gasteiger partial charge on any atom is -0.456 e. The molecule has 0 saturated carbocycles. The van der Waals surface area contributed by atoms with Gasteiger partial charge in [-0.1, -0.05) is 98.3 Å². The fourth-order valence-corrected chi connectivity index (χ4v) is 10.1. The van der Waals surface area contributed by atoms with Crippen LogP contribution in [-0.2, 0) is 71.3 Å². The second kappa shape index (κ2) is 35.4. The number of unbranched alkanes of at least 4 members (excludes halogenated alkanes) is 10. The number of aliphatic hydroxyl groups is 8. The highest BCUT2D eigenvalue weighted by atomic mass is 16.8. The molecule has 4 rings (SSSR count). The summed E-state index contributed by atoms with van der Waals surface area (Å²) < 4.78 is 68.2. The molecule has 23 nitrogen and oxygen atoms in total. The van der Waals surface area contributed by atoms with E-state index in [0.717, 1.165) is 77.0 Å². The van der Waals surface area contributed by atoms with Crippen molar-refractivity contribution in [3.8, 4) is 0 Å². The summed E-state index contributed by atoms with van der Waals surface area (Å²) in [5.74, 6) is -2.20. The predicted molar refractivity (Wildman–Crippen MR) is 276 cm³/mol. The molecule has 4 fully saturated rings. The lowest BCUT2D eigenvalue weighted by atomic mass is 9.95. The number of carbonyl (C=O) groups excluding carboxylic acids is 4.